The zero-order valence-electron chi connectivity index (χ0n) is 16.2. The fourth-order valence-electron chi connectivity index (χ4n) is 3.88. The van der Waals surface area contributed by atoms with Gasteiger partial charge in [0, 0.05) is 37.2 Å². The molecule has 0 amide bonds. The highest BCUT2D eigenvalue weighted by atomic mass is 16.5. The van der Waals surface area contributed by atoms with Crippen molar-refractivity contribution in [1.29, 1.82) is 0 Å². The third-order valence-corrected chi connectivity index (χ3v) is 5.50. The Bertz CT molecular complexity index is 791. The summed E-state index contributed by atoms with van der Waals surface area (Å²) in [5.74, 6) is 1.61. The van der Waals surface area contributed by atoms with E-state index in [1.165, 1.54) is 12.0 Å². The second-order valence-corrected chi connectivity index (χ2v) is 7.65. The second-order valence-electron chi connectivity index (χ2n) is 7.65. The largest absolute Gasteiger partial charge is 0.444 e. The lowest BCUT2D eigenvalue weighted by Gasteiger charge is -2.24. The van der Waals surface area contributed by atoms with Crippen LogP contribution in [-0.4, -0.2) is 48.7 Å². The Balaban J connectivity index is 1.44. The van der Waals surface area contributed by atoms with Gasteiger partial charge >= 0.3 is 0 Å². The third-order valence-electron chi connectivity index (χ3n) is 5.50. The standard InChI is InChI=1S/C21H28N4O2/c1-3-22-20(25-10-8-21(14-25)9-11-26-15-21)23-12-18-13-27-19(24-18)17-6-4-16(2)5-7-17/h4-7,13H,3,8-12,14-15H2,1-2H3,(H,22,23). The van der Waals surface area contributed by atoms with Crippen LogP contribution in [0.3, 0.4) is 0 Å². The van der Waals surface area contributed by atoms with Crippen molar-refractivity contribution in [3.05, 3.63) is 41.8 Å². The van der Waals surface area contributed by atoms with Crippen LogP contribution < -0.4 is 5.32 Å². The van der Waals surface area contributed by atoms with E-state index >= 15 is 0 Å². The smallest absolute Gasteiger partial charge is 0.226 e. The van der Waals surface area contributed by atoms with Crippen molar-refractivity contribution in [2.45, 2.75) is 33.2 Å². The van der Waals surface area contributed by atoms with Gasteiger partial charge in [0.2, 0.25) is 5.89 Å². The van der Waals surface area contributed by atoms with Gasteiger partial charge in [-0.3, -0.25) is 0 Å². The molecule has 6 nitrogen and oxygen atoms in total. The number of hydrogen-bond donors (Lipinski definition) is 1. The molecular formula is C21H28N4O2. The lowest BCUT2D eigenvalue weighted by Crippen LogP contribution is -2.41. The molecule has 1 aromatic heterocycles. The van der Waals surface area contributed by atoms with Gasteiger partial charge in [0.1, 0.15) is 12.0 Å². The van der Waals surface area contributed by atoms with Crippen molar-refractivity contribution >= 4 is 5.96 Å². The lowest BCUT2D eigenvalue weighted by atomic mass is 9.87. The van der Waals surface area contributed by atoms with Gasteiger partial charge in [0.25, 0.3) is 0 Å². The van der Waals surface area contributed by atoms with E-state index in [-0.39, 0.29) is 0 Å². The maximum atomic E-state index is 5.65. The van der Waals surface area contributed by atoms with Gasteiger partial charge in [0.15, 0.2) is 5.96 Å². The van der Waals surface area contributed by atoms with Crippen molar-refractivity contribution < 1.29 is 9.15 Å². The molecule has 0 radical (unpaired) electrons. The van der Waals surface area contributed by atoms with Crippen LogP contribution in [0.2, 0.25) is 0 Å². The van der Waals surface area contributed by atoms with Crippen LogP contribution in [0, 0.1) is 12.3 Å². The summed E-state index contributed by atoms with van der Waals surface area (Å²) in [7, 11) is 0. The number of nitrogens with zero attached hydrogens (tertiary/aromatic N) is 3. The molecule has 2 aliphatic heterocycles. The van der Waals surface area contributed by atoms with E-state index in [9.17, 15) is 0 Å². The molecule has 1 N–H and O–H groups in total. The number of benzene rings is 1. The summed E-state index contributed by atoms with van der Waals surface area (Å²) in [5.41, 5.74) is 3.38. The maximum Gasteiger partial charge on any atom is 0.226 e. The average Bonchev–Trinajstić information content (AvgIpc) is 3.42. The highest BCUT2D eigenvalue weighted by Crippen LogP contribution is 2.38. The van der Waals surface area contributed by atoms with Crippen LogP contribution in [0.1, 0.15) is 31.0 Å². The van der Waals surface area contributed by atoms with E-state index in [1.807, 2.05) is 12.1 Å². The van der Waals surface area contributed by atoms with E-state index in [4.69, 9.17) is 14.1 Å². The van der Waals surface area contributed by atoms with Crippen molar-refractivity contribution in [2.75, 3.05) is 32.8 Å². The van der Waals surface area contributed by atoms with Gasteiger partial charge in [-0.15, -0.1) is 0 Å². The SMILES string of the molecule is CCNC(=NCc1coc(-c2ccc(C)cc2)n1)N1CCC2(CCOC2)C1. The fourth-order valence-corrected chi connectivity index (χ4v) is 3.88. The monoisotopic (exact) mass is 368 g/mol. The molecule has 6 heteroatoms. The molecule has 0 bridgehead atoms. The summed E-state index contributed by atoms with van der Waals surface area (Å²) in [6.07, 6.45) is 4.05. The maximum absolute atomic E-state index is 5.65. The Hall–Kier alpha value is -2.34. The van der Waals surface area contributed by atoms with Gasteiger partial charge < -0.3 is 19.4 Å². The highest BCUT2D eigenvalue weighted by Gasteiger charge is 2.42. The Labute approximate surface area is 160 Å². The Kier molecular flexibility index (Phi) is 5.16. The predicted octanol–water partition coefficient (Wildman–Crippen LogP) is 3.23. The molecule has 2 aliphatic rings. The second kappa shape index (κ2) is 7.72. The molecule has 1 atom stereocenters. The number of nitrogens with one attached hydrogen (secondary N) is 1. The Morgan fingerprint density at radius 3 is 2.89 bits per heavy atom. The quantitative estimate of drug-likeness (QED) is 0.663. The zero-order chi connectivity index (χ0) is 18.7. The molecule has 0 saturated carbocycles. The van der Waals surface area contributed by atoms with E-state index in [1.54, 1.807) is 6.26 Å². The van der Waals surface area contributed by atoms with Gasteiger partial charge in [-0.05, 0) is 38.8 Å². The normalized spacial score (nSPS) is 22.7. The summed E-state index contributed by atoms with van der Waals surface area (Å²) >= 11 is 0. The van der Waals surface area contributed by atoms with Crippen molar-refractivity contribution in [3.8, 4) is 11.5 Å². The lowest BCUT2D eigenvalue weighted by molar-refractivity contribution is 0.156. The molecule has 1 aromatic carbocycles. The number of aromatic nitrogens is 1. The fraction of sp³-hybridized carbons (Fsp3) is 0.524. The van der Waals surface area contributed by atoms with E-state index < -0.39 is 0 Å². The van der Waals surface area contributed by atoms with Crippen LogP contribution >= 0.6 is 0 Å². The summed E-state index contributed by atoms with van der Waals surface area (Å²) < 4.78 is 11.3. The molecule has 1 spiro atoms. The third kappa shape index (κ3) is 4.00. The first-order chi connectivity index (χ1) is 13.2. The van der Waals surface area contributed by atoms with Gasteiger partial charge in [-0.2, -0.15) is 0 Å². The van der Waals surface area contributed by atoms with Gasteiger partial charge in [0.05, 0.1) is 13.2 Å². The number of guanidine groups is 1. The van der Waals surface area contributed by atoms with Gasteiger partial charge in [-0.25, -0.2) is 9.98 Å². The number of ether oxygens (including phenoxy) is 1. The van der Waals surface area contributed by atoms with Crippen molar-refractivity contribution in [1.82, 2.24) is 15.2 Å². The van der Waals surface area contributed by atoms with Crippen LogP contribution in [0.5, 0.6) is 0 Å². The van der Waals surface area contributed by atoms with Crippen LogP contribution in [0.4, 0.5) is 0 Å². The molecule has 144 valence electrons. The van der Waals surface area contributed by atoms with Crippen molar-refractivity contribution in [3.63, 3.8) is 0 Å². The zero-order valence-corrected chi connectivity index (χ0v) is 16.2. The summed E-state index contributed by atoms with van der Waals surface area (Å²) in [4.78, 5) is 11.8. The van der Waals surface area contributed by atoms with Gasteiger partial charge in [-0.1, -0.05) is 17.7 Å². The molecule has 4 rings (SSSR count). The minimum absolute atomic E-state index is 0.322. The molecule has 2 fully saturated rings. The number of rotatable bonds is 4. The van der Waals surface area contributed by atoms with E-state index in [2.05, 4.69) is 41.2 Å². The molecule has 2 saturated heterocycles. The Morgan fingerprint density at radius 1 is 1.30 bits per heavy atom. The van der Waals surface area contributed by atoms with Crippen molar-refractivity contribution in [2.24, 2.45) is 10.4 Å². The molecule has 1 unspecified atom stereocenters. The number of hydrogen-bond acceptors (Lipinski definition) is 4. The predicted molar refractivity (Wildman–Crippen MR) is 106 cm³/mol. The van der Waals surface area contributed by atoms with Crippen LogP contribution in [0.15, 0.2) is 39.9 Å². The number of aryl methyl sites for hydroxylation is 1. The minimum atomic E-state index is 0.322. The first-order valence-corrected chi connectivity index (χ1v) is 9.80. The summed E-state index contributed by atoms with van der Waals surface area (Å²) in [6.45, 7) is 9.36. The highest BCUT2D eigenvalue weighted by molar-refractivity contribution is 5.80. The molecule has 0 aliphatic carbocycles. The van der Waals surface area contributed by atoms with E-state index in [0.29, 0.717) is 17.9 Å². The molecule has 27 heavy (non-hydrogen) atoms. The minimum Gasteiger partial charge on any atom is -0.444 e. The first kappa shape index (κ1) is 18.0. The topological polar surface area (TPSA) is 62.9 Å². The number of aliphatic imine (C=N–C) groups is 1. The first-order valence-electron chi connectivity index (χ1n) is 9.80. The van der Waals surface area contributed by atoms with Crippen LogP contribution in [-0.2, 0) is 11.3 Å². The summed E-state index contributed by atoms with van der Waals surface area (Å²) in [6, 6.07) is 8.20. The average molecular weight is 368 g/mol. The molecular weight excluding hydrogens is 340 g/mol. The summed E-state index contributed by atoms with van der Waals surface area (Å²) in [5, 5.41) is 3.42. The Morgan fingerprint density at radius 2 is 2.15 bits per heavy atom. The molecule has 2 aromatic rings. The molecule has 3 heterocycles. The van der Waals surface area contributed by atoms with E-state index in [0.717, 1.165) is 56.5 Å². The van der Waals surface area contributed by atoms with Crippen LogP contribution in [0.25, 0.3) is 11.5 Å². The number of likely N-dealkylation sites (tertiary alicyclic amines) is 1. The number of oxazole rings is 1.